The molecule has 346 valence electrons. The van der Waals surface area contributed by atoms with Crippen LogP contribution in [0.3, 0.4) is 0 Å². The van der Waals surface area contributed by atoms with Crippen molar-refractivity contribution >= 4 is 45.9 Å². The zero-order valence-electron chi connectivity index (χ0n) is 33.6. The number of aliphatic hydroxyl groups excluding tert-OH is 5. The summed E-state index contributed by atoms with van der Waals surface area (Å²) in [6.45, 7) is 6.58. The minimum Gasteiger partial charge on any atom is -0.542 e. The number of aromatic nitrogens is 7. The summed E-state index contributed by atoms with van der Waals surface area (Å²) in [5.41, 5.74) is 11.3. The van der Waals surface area contributed by atoms with Gasteiger partial charge in [0, 0.05) is 37.6 Å². The molecule has 4 atom stereocenters. The maximum Gasteiger partial charge on any atom is 0.490 e. The second kappa shape index (κ2) is 21.0. The van der Waals surface area contributed by atoms with Crippen LogP contribution in [0, 0.1) is 0 Å². The number of aryl methyl sites for hydroxylation is 2. The predicted molar refractivity (Wildman–Crippen MR) is 205 cm³/mol. The summed E-state index contributed by atoms with van der Waals surface area (Å²) in [4.78, 5) is 44.4. The third-order valence-corrected chi connectivity index (χ3v) is 9.96. The fraction of sp³-hybridized carbons (Fsp3) is 0.486. The number of nitrogens with zero attached hydrogens (tertiary/aromatic N) is 7. The van der Waals surface area contributed by atoms with Gasteiger partial charge in [-0.1, -0.05) is 0 Å². The Morgan fingerprint density at radius 1 is 0.984 bits per heavy atom. The molecule has 4 unspecified atom stereocenters. The van der Waals surface area contributed by atoms with E-state index in [1.54, 1.807) is 12.3 Å². The number of imidazole rings is 1. The summed E-state index contributed by atoms with van der Waals surface area (Å²) >= 11 is 0. The highest BCUT2D eigenvalue weighted by Crippen LogP contribution is 2.28. The van der Waals surface area contributed by atoms with Crippen molar-refractivity contribution in [3.8, 4) is 11.1 Å². The van der Waals surface area contributed by atoms with Gasteiger partial charge >= 0.3 is 18.3 Å². The first kappa shape index (κ1) is 49.7. The first-order valence-corrected chi connectivity index (χ1v) is 19.1. The number of hydrogen-bond donors (Lipinski definition) is 9. The van der Waals surface area contributed by atoms with Gasteiger partial charge < -0.3 is 61.5 Å². The maximum atomic E-state index is 13.2. The van der Waals surface area contributed by atoms with E-state index in [0.717, 1.165) is 40.8 Å². The van der Waals surface area contributed by atoms with Crippen LogP contribution in [0.15, 0.2) is 42.9 Å². The van der Waals surface area contributed by atoms with Gasteiger partial charge in [0.15, 0.2) is 28.2 Å². The number of aromatic amines is 1. The number of likely N-dealkylation sites (tertiary alicyclic amines) is 1. The predicted octanol–water partition coefficient (Wildman–Crippen LogP) is -0.380. The summed E-state index contributed by atoms with van der Waals surface area (Å²) in [6.07, 6.45) is -9.09. The maximum absolute atomic E-state index is 13.2. The molecule has 0 radical (unpaired) electrons. The highest BCUT2D eigenvalue weighted by molar-refractivity contribution is 5.98. The summed E-state index contributed by atoms with van der Waals surface area (Å²) in [6, 6.07) is 8.23. The molecule has 63 heavy (non-hydrogen) atoms. The van der Waals surface area contributed by atoms with Crippen LogP contribution in [0.2, 0.25) is 0 Å². The number of halogens is 6. The Kier molecular flexibility index (Phi) is 16.5. The molecular weight excluding hydrogens is 858 g/mol. The van der Waals surface area contributed by atoms with Gasteiger partial charge in [0.25, 0.3) is 11.7 Å². The van der Waals surface area contributed by atoms with E-state index in [4.69, 9.17) is 30.6 Å². The number of piperidine rings is 1. The van der Waals surface area contributed by atoms with Gasteiger partial charge in [0.2, 0.25) is 0 Å². The van der Waals surface area contributed by atoms with E-state index in [2.05, 4.69) is 66.5 Å². The molecule has 1 fully saturated rings. The number of alkyl halides is 6. The Morgan fingerprint density at radius 2 is 1.60 bits per heavy atom. The van der Waals surface area contributed by atoms with E-state index < -0.39 is 61.2 Å². The molecule has 20 nitrogen and oxygen atoms in total. The first-order chi connectivity index (χ1) is 29.5. The lowest BCUT2D eigenvalue weighted by Gasteiger charge is -2.35. The molecule has 4 aromatic heterocycles. The van der Waals surface area contributed by atoms with Crippen molar-refractivity contribution in [3.63, 3.8) is 0 Å². The van der Waals surface area contributed by atoms with Crippen LogP contribution >= 0.6 is 0 Å². The first-order valence-electron chi connectivity index (χ1n) is 19.1. The smallest absolute Gasteiger partial charge is 0.490 e. The molecule has 0 bridgehead atoms. The van der Waals surface area contributed by atoms with Crippen molar-refractivity contribution in [3.05, 3.63) is 54.4 Å². The van der Waals surface area contributed by atoms with Crippen LogP contribution in [0.5, 0.6) is 0 Å². The third-order valence-electron chi connectivity index (χ3n) is 9.96. The number of carboxylic acids is 2. The van der Waals surface area contributed by atoms with Crippen LogP contribution in [0.25, 0.3) is 33.3 Å². The molecule has 5 heterocycles. The van der Waals surface area contributed by atoms with Crippen LogP contribution in [0.1, 0.15) is 49.0 Å². The number of nitrogens with two attached hydrogens (primary N) is 1. The number of carboxylic acid groups (broad SMARTS) is 2. The van der Waals surface area contributed by atoms with Crippen LogP contribution in [-0.2, 0) is 29.2 Å². The Morgan fingerprint density at radius 3 is 2.16 bits per heavy atom. The number of benzene rings is 1. The fourth-order valence-electron chi connectivity index (χ4n) is 6.75. The molecular formula is C37H46F6N10O10. The number of rotatable bonds is 13. The Balaban J connectivity index is 0.000000537. The highest BCUT2D eigenvalue weighted by Gasteiger charge is 2.38. The van der Waals surface area contributed by atoms with Gasteiger partial charge in [-0.3, -0.25) is 9.48 Å². The van der Waals surface area contributed by atoms with Crippen molar-refractivity contribution in [1.29, 1.82) is 0 Å². The minimum absolute atomic E-state index is 0.0637. The lowest BCUT2D eigenvalue weighted by atomic mass is 10.0. The average molecular weight is 905 g/mol. The minimum atomic E-state index is -5.19. The van der Waals surface area contributed by atoms with Gasteiger partial charge in [0.05, 0.1) is 38.0 Å². The normalized spacial score (nSPS) is 15.8. The fourth-order valence-corrected chi connectivity index (χ4v) is 6.75. The van der Waals surface area contributed by atoms with E-state index in [-0.39, 0.29) is 30.6 Å². The molecule has 0 aliphatic carbocycles. The number of nitrogens with one attached hydrogen (secondary N) is 2. The number of aliphatic hydroxyl groups is 5. The number of fused-ring (bicyclic) bond motifs is 2. The lowest BCUT2D eigenvalue weighted by molar-refractivity contribution is -0.676. The van der Waals surface area contributed by atoms with E-state index >= 15 is 0 Å². The molecule has 5 aromatic rings. The Bertz CT molecular complexity index is 2320. The van der Waals surface area contributed by atoms with Gasteiger partial charge in [-0.25, -0.2) is 23.9 Å². The molecule has 1 saturated heterocycles. The third kappa shape index (κ3) is 12.4. The Labute approximate surface area is 352 Å². The van der Waals surface area contributed by atoms with Gasteiger partial charge in [-0.05, 0) is 56.5 Å². The molecule has 26 heteroatoms. The number of nitrogen functional groups attached to an aromatic ring is 1. The second-order valence-electron chi connectivity index (χ2n) is 14.1. The lowest BCUT2D eigenvalue weighted by Crippen LogP contribution is -2.50. The number of anilines is 1. The number of aliphatic carboxylic acids is 2. The largest absolute Gasteiger partial charge is 0.542 e. The number of H-pyrrole nitrogens is 1. The summed E-state index contributed by atoms with van der Waals surface area (Å²) in [7, 11) is 0. The van der Waals surface area contributed by atoms with Crippen molar-refractivity contribution in [2.45, 2.75) is 89.1 Å². The summed E-state index contributed by atoms with van der Waals surface area (Å²) in [5, 5.41) is 72.7. The number of β-amino-alcohol motifs (C(OH)–C–C–N with tert-alkyl or cyclic N) is 1. The van der Waals surface area contributed by atoms with Crippen molar-refractivity contribution in [1.82, 2.24) is 39.5 Å². The summed E-state index contributed by atoms with van der Waals surface area (Å²) in [5.74, 6) is -5.15. The number of amides is 1. The Hall–Kier alpha value is -5.93. The van der Waals surface area contributed by atoms with Crippen molar-refractivity contribution in [2.24, 2.45) is 0 Å². The monoisotopic (exact) mass is 904 g/mol. The molecule has 6 rings (SSSR count). The number of carbonyl (C=O) groups is 3. The van der Waals surface area contributed by atoms with Gasteiger partial charge in [0.1, 0.15) is 36.3 Å². The second-order valence-corrected chi connectivity index (χ2v) is 14.1. The molecule has 1 amide bonds. The standard InChI is InChI=1S/C33H44N10O6.2C2HF3O2/c1-3-41-23-6-5-19(13-24(23)42(4-2)27(41)15-36-33(49)28-31(34)39-32-22(38-28)7-10-35-32)20-14-37-43(16-20)21-8-11-40(12-9-21)17-25(45)29(47)30(48)26(46)18-44;2*3-2(4,5)1(6)7/h5-7,10,13-14,16,21,25-26,29-30,44-48H,3-4,8-9,11-12,15,17-18H2,1-2H3,(H3-,34,35,36,38,39,49);2*(H,6,7). The van der Waals surface area contributed by atoms with E-state index in [9.17, 15) is 51.6 Å². The molecule has 10 N–H and O–H groups in total. The zero-order valence-corrected chi connectivity index (χ0v) is 33.6. The van der Waals surface area contributed by atoms with Crippen molar-refractivity contribution < 1.29 is 81.0 Å². The summed E-state index contributed by atoms with van der Waals surface area (Å²) < 4.78 is 69.7. The average Bonchev–Trinajstić information content (AvgIpc) is 3.99. The highest BCUT2D eigenvalue weighted by atomic mass is 19.4. The van der Waals surface area contributed by atoms with Gasteiger partial charge in [-0.2, -0.15) is 31.4 Å². The molecule has 0 saturated carbocycles. The molecule has 1 aliphatic heterocycles. The van der Waals surface area contributed by atoms with Crippen LogP contribution < -0.4 is 20.7 Å². The SMILES string of the molecule is CCn1c(CNC(=O)c2nc3cc[nH]c3nc2N)[n+](CC)c2ccc(-c3cnn(C4CCN(CC(O)C(O)C(O)C(O)CO)CC4)c3)cc21.O=C(O)C(F)(F)F.O=C([O-])C(F)(F)F. The quantitative estimate of drug-likeness (QED) is 0.0538. The topological polar surface area (TPSA) is 305 Å². The van der Waals surface area contributed by atoms with Gasteiger partial charge in [-0.15, -0.1) is 0 Å². The molecule has 1 aromatic carbocycles. The van der Waals surface area contributed by atoms with Crippen molar-refractivity contribution in [2.75, 3.05) is 32.0 Å². The van der Waals surface area contributed by atoms with E-state index in [1.807, 2.05) is 22.0 Å². The number of hydrogen-bond acceptors (Lipinski definition) is 14. The zero-order chi connectivity index (χ0) is 47.0. The van der Waals surface area contributed by atoms with Crippen LogP contribution in [0.4, 0.5) is 32.2 Å². The van der Waals surface area contributed by atoms with E-state index in [0.29, 0.717) is 37.3 Å². The molecule has 0 spiro atoms. The van der Waals surface area contributed by atoms with E-state index in [1.165, 1.54) is 0 Å². The van der Waals surface area contributed by atoms with Crippen LogP contribution in [-0.4, -0.2) is 146 Å². The molecule has 1 aliphatic rings. The number of carbonyl (C=O) groups excluding carboxylic acids is 2.